The molecule has 3 aliphatic rings. The van der Waals surface area contributed by atoms with Crippen LogP contribution in [-0.4, -0.2) is 39.4 Å². The molecule has 140 valence electrons. The second kappa shape index (κ2) is 6.95. The van der Waals surface area contributed by atoms with Crippen LogP contribution in [0.1, 0.15) is 43.6 Å². The summed E-state index contributed by atoms with van der Waals surface area (Å²) in [5, 5.41) is 3.37. The highest BCUT2D eigenvalue weighted by Crippen LogP contribution is 2.51. The number of hydrogen-bond acceptors (Lipinski definition) is 4. The molecule has 3 heterocycles. The lowest BCUT2D eigenvalue weighted by atomic mass is 9.90. The van der Waals surface area contributed by atoms with E-state index >= 15 is 0 Å². The molecule has 5 nitrogen and oxygen atoms in total. The van der Waals surface area contributed by atoms with Crippen LogP contribution in [0, 0.1) is 11.8 Å². The molecule has 1 N–H and O–H groups in total. The summed E-state index contributed by atoms with van der Waals surface area (Å²) in [6, 6.07) is 13.2. The fraction of sp³-hybridized carbons (Fsp3) is 0.500. The number of benzene rings is 1. The summed E-state index contributed by atoms with van der Waals surface area (Å²) < 4.78 is 0. The maximum Gasteiger partial charge on any atom is 0.226 e. The summed E-state index contributed by atoms with van der Waals surface area (Å²) in [6.45, 7) is 0.898. The number of nitrogens with one attached hydrogen (secondary N) is 1. The molecule has 1 amide bonds. The molecule has 1 aromatic carbocycles. The Morgan fingerprint density at radius 2 is 1.70 bits per heavy atom. The summed E-state index contributed by atoms with van der Waals surface area (Å²) in [6.07, 6.45) is 9.08. The predicted molar refractivity (Wildman–Crippen MR) is 104 cm³/mol. The van der Waals surface area contributed by atoms with E-state index in [1.54, 1.807) is 12.4 Å². The quantitative estimate of drug-likeness (QED) is 0.885. The van der Waals surface area contributed by atoms with Crippen molar-refractivity contribution in [2.45, 2.75) is 50.1 Å². The first kappa shape index (κ1) is 16.7. The molecule has 1 saturated carbocycles. The molecule has 27 heavy (non-hydrogen) atoms. The Balaban J connectivity index is 1.19. The third-order valence-corrected chi connectivity index (χ3v) is 6.54. The number of carbonyl (C=O) groups excluding carboxylic acids is 1. The largest absolute Gasteiger partial charge is 0.354 e. The summed E-state index contributed by atoms with van der Waals surface area (Å²) in [4.78, 5) is 23.9. The van der Waals surface area contributed by atoms with Crippen LogP contribution in [0.2, 0.25) is 0 Å². The van der Waals surface area contributed by atoms with Gasteiger partial charge in [0.1, 0.15) is 0 Å². The first-order chi connectivity index (χ1) is 13.3. The zero-order chi connectivity index (χ0) is 18.2. The number of nitrogens with zero attached hydrogens (tertiary/aromatic N) is 3. The highest BCUT2D eigenvalue weighted by Gasteiger charge is 2.51. The Morgan fingerprint density at radius 3 is 2.41 bits per heavy atom. The minimum Gasteiger partial charge on any atom is -0.354 e. The van der Waals surface area contributed by atoms with Crippen LogP contribution in [0.25, 0.3) is 0 Å². The molecule has 5 rings (SSSR count). The van der Waals surface area contributed by atoms with Gasteiger partial charge in [-0.2, -0.15) is 0 Å². The minimum atomic E-state index is 0.211. The third-order valence-electron chi connectivity index (χ3n) is 6.54. The van der Waals surface area contributed by atoms with Crippen molar-refractivity contribution in [3.63, 3.8) is 0 Å². The van der Waals surface area contributed by atoms with E-state index in [4.69, 9.17) is 0 Å². The molecule has 5 heteroatoms. The van der Waals surface area contributed by atoms with Crippen LogP contribution < -0.4 is 5.32 Å². The van der Waals surface area contributed by atoms with Crippen LogP contribution in [-0.2, 0) is 4.79 Å². The fourth-order valence-corrected chi connectivity index (χ4v) is 5.17. The van der Waals surface area contributed by atoms with Crippen LogP contribution in [0.15, 0.2) is 48.8 Å². The van der Waals surface area contributed by atoms with Gasteiger partial charge in [0.2, 0.25) is 11.9 Å². The highest BCUT2D eigenvalue weighted by atomic mass is 16.2. The van der Waals surface area contributed by atoms with Gasteiger partial charge in [-0.05, 0) is 55.6 Å². The van der Waals surface area contributed by atoms with Crippen molar-refractivity contribution in [3.05, 3.63) is 54.4 Å². The highest BCUT2D eigenvalue weighted by molar-refractivity contribution is 5.84. The minimum absolute atomic E-state index is 0.211. The van der Waals surface area contributed by atoms with Gasteiger partial charge in [0.15, 0.2) is 0 Å². The lowest BCUT2D eigenvalue weighted by Crippen LogP contribution is -2.48. The van der Waals surface area contributed by atoms with Crippen molar-refractivity contribution in [3.8, 4) is 0 Å². The Labute approximate surface area is 160 Å². The Kier molecular flexibility index (Phi) is 4.30. The summed E-state index contributed by atoms with van der Waals surface area (Å²) in [5.41, 5.74) is 1.32. The lowest BCUT2D eigenvalue weighted by Gasteiger charge is -2.39. The predicted octanol–water partition coefficient (Wildman–Crippen LogP) is 3.46. The lowest BCUT2D eigenvalue weighted by molar-refractivity contribution is -0.137. The van der Waals surface area contributed by atoms with Gasteiger partial charge in [0.05, 0.1) is 0 Å². The molecule has 0 spiro atoms. The van der Waals surface area contributed by atoms with Gasteiger partial charge >= 0.3 is 0 Å². The number of amides is 1. The van der Waals surface area contributed by atoms with Crippen molar-refractivity contribution in [2.75, 3.05) is 11.9 Å². The van der Waals surface area contributed by atoms with Crippen LogP contribution in [0.3, 0.4) is 0 Å². The number of hydrogen-bond donors (Lipinski definition) is 1. The van der Waals surface area contributed by atoms with Gasteiger partial charge in [-0.15, -0.1) is 0 Å². The van der Waals surface area contributed by atoms with E-state index in [1.807, 2.05) is 12.1 Å². The number of rotatable bonds is 5. The molecule has 1 aliphatic carbocycles. The summed E-state index contributed by atoms with van der Waals surface area (Å²) >= 11 is 0. The Morgan fingerprint density at radius 1 is 1.00 bits per heavy atom. The number of piperidine rings is 1. The zero-order valence-electron chi connectivity index (χ0n) is 15.5. The van der Waals surface area contributed by atoms with Gasteiger partial charge in [-0.25, -0.2) is 9.97 Å². The van der Waals surface area contributed by atoms with Crippen molar-refractivity contribution < 1.29 is 4.79 Å². The van der Waals surface area contributed by atoms with Crippen LogP contribution in [0.4, 0.5) is 5.95 Å². The van der Waals surface area contributed by atoms with Gasteiger partial charge in [0.25, 0.3) is 0 Å². The molecule has 2 aliphatic heterocycles. The monoisotopic (exact) mass is 362 g/mol. The first-order valence-electron chi connectivity index (χ1n) is 10.2. The van der Waals surface area contributed by atoms with E-state index in [2.05, 4.69) is 44.5 Å². The molecule has 0 radical (unpaired) electrons. The van der Waals surface area contributed by atoms with E-state index in [-0.39, 0.29) is 5.92 Å². The number of fused-ring (bicyclic) bond motifs is 2. The molecular weight excluding hydrogens is 336 g/mol. The van der Waals surface area contributed by atoms with Gasteiger partial charge < -0.3 is 10.2 Å². The van der Waals surface area contributed by atoms with E-state index in [0.29, 0.717) is 35.8 Å². The number of anilines is 1. The van der Waals surface area contributed by atoms with Crippen LogP contribution in [0.5, 0.6) is 0 Å². The molecule has 1 aromatic heterocycles. The second-order valence-electron chi connectivity index (χ2n) is 8.28. The van der Waals surface area contributed by atoms with E-state index in [1.165, 1.54) is 5.56 Å². The summed E-state index contributed by atoms with van der Waals surface area (Å²) in [5.74, 6) is 2.36. The van der Waals surface area contributed by atoms with E-state index in [9.17, 15) is 4.79 Å². The van der Waals surface area contributed by atoms with Gasteiger partial charge in [0, 0.05) is 36.9 Å². The second-order valence-corrected chi connectivity index (χ2v) is 8.28. The normalized spacial score (nSPS) is 31.6. The van der Waals surface area contributed by atoms with Crippen molar-refractivity contribution >= 4 is 11.9 Å². The Hall–Kier alpha value is -2.43. The smallest absolute Gasteiger partial charge is 0.226 e. The fourth-order valence-electron chi connectivity index (χ4n) is 5.17. The summed E-state index contributed by atoms with van der Waals surface area (Å²) in [7, 11) is 0. The van der Waals surface area contributed by atoms with Gasteiger partial charge in [-0.3, -0.25) is 4.79 Å². The standard InChI is InChI=1S/C22H26N4O/c27-21(20-13-19(20)16-5-2-1-3-6-16)26-17-7-8-18(26)12-15(11-17)14-25-22-23-9-4-10-24-22/h1-6,9-10,15,17-20H,7-8,11-14H2,(H,23,24,25). The molecule has 2 saturated heterocycles. The first-order valence-corrected chi connectivity index (χ1v) is 10.2. The molecule has 3 fully saturated rings. The zero-order valence-corrected chi connectivity index (χ0v) is 15.5. The molecule has 2 aromatic rings. The number of aromatic nitrogens is 2. The Bertz CT molecular complexity index is 782. The number of carbonyl (C=O) groups is 1. The molecule has 4 atom stereocenters. The molecule has 4 unspecified atom stereocenters. The SMILES string of the molecule is O=C(C1CC1c1ccccc1)N1C2CCC1CC(CNc1ncccn1)C2. The van der Waals surface area contributed by atoms with Crippen molar-refractivity contribution in [1.82, 2.24) is 14.9 Å². The van der Waals surface area contributed by atoms with E-state index in [0.717, 1.165) is 38.6 Å². The maximum atomic E-state index is 13.2. The topological polar surface area (TPSA) is 58.1 Å². The van der Waals surface area contributed by atoms with Gasteiger partial charge in [-0.1, -0.05) is 30.3 Å². The average molecular weight is 362 g/mol. The molecule has 2 bridgehead atoms. The average Bonchev–Trinajstić information content (AvgIpc) is 3.47. The molecular formula is C22H26N4O. The third kappa shape index (κ3) is 3.31. The van der Waals surface area contributed by atoms with Crippen LogP contribution >= 0.6 is 0 Å². The van der Waals surface area contributed by atoms with Crippen molar-refractivity contribution in [2.24, 2.45) is 11.8 Å². The van der Waals surface area contributed by atoms with E-state index < -0.39 is 0 Å². The van der Waals surface area contributed by atoms with Crippen molar-refractivity contribution in [1.29, 1.82) is 0 Å². The maximum absolute atomic E-state index is 13.2.